The number of fused-ring (bicyclic) bond motifs is 1. The maximum atomic E-state index is 12.5. The van der Waals surface area contributed by atoms with Gasteiger partial charge in [-0.1, -0.05) is 6.08 Å². The van der Waals surface area contributed by atoms with Crippen LogP contribution in [-0.4, -0.2) is 50.9 Å². The third-order valence-corrected chi connectivity index (χ3v) is 5.67. The van der Waals surface area contributed by atoms with Crippen LogP contribution in [0.2, 0.25) is 0 Å². The van der Waals surface area contributed by atoms with Crippen LogP contribution in [0, 0.1) is 0 Å². The molecule has 1 aliphatic rings. The van der Waals surface area contributed by atoms with E-state index in [4.69, 9.17) is 9.84 Å². The Morgan fingerprint density at radius 1 is 1.33 bits per heavy atom. The van der Waals surface area contributed by atoms with Gasteiger partial charge in [-0.15, -0.1) is 0 Å². The van der Waals surface area contributed by atoms with Gasteiger partial charge in [-0.2, -0.15) is 5.10 Å². The molecule has 2 aromatic heterocycles. The van der Waals surface area contributed by atoms with Gasteiger partial charge in [0.05, 0.1) is 36.0 Å². The number of benzene rings is 1. The maximum absolute atomic E-state index is 12.5. The number of carbonyl (C=O) groups excluding carboxylic acids is 1. The summed E-state index contributed by atoms with van der Waals surface area (Å²) in [5.41, 5.74) is 4.42. The fraction of sp³-hybridized carbons (Fsp3) is 0.400. The number of aromatic nitrogens is 3. The first kappa shape index (κ1) is 22.8. The highest BCUT2D eigenvalue weighted by atomic mass is 16.5. The van der Waals surface area contributed by atoms with Gasteiger partial charge < -0.3 is 20.5 Å². The number of ether oxygens (including phenoxy) is 1. The van der Waals surface area contributed by atoms with Crippen molar-refractivity contribution in [3.63, 3.8) is 0 Å². The molecule has 1 amide bonds. The number of rotatable bonds is 8. The van der Waals surface area contributed by atoms with Gasteiger partial charge in [0.25, 0.3) is 5.91 Å². The van der Waals surface area contributed by atoms with Crippen LogP contribution in [0.15, 0.2) is 36.5 Å². The first-order valence-electron chi connectivity index (χ1n) is 11.2. The first-order valence-corrected chi connectivity index (χ1v) is 11.2. The van der Waals surface area contributed by atoms with Gasteiger partial charge in [-0.25, -0.2) is 9.50 Å². The number of anilines is 1. The number of amides is 1. The smallest absolute Gasteiger partial charge is 0.251 e. The van der Waals surface area contributed by atoms with Gasteiger partial charge in [0.2, 0.25) is 0 Å². The van der Waals surface area contributed by atoms with Crippen LogP contribution in [0.1, 0.15) is 56.6 Å². The molecule has 0 bridgehead atoms. The Labute approximate surface area is 193 Å². The van der Waals surface area contributed by atoms with Crippen LogP contribution in [0.25, 0.3) is 22.5 Å². The molecule has 0 unspecified atom stereocenters. The fourth-order valence-corrected chi connectivity index (χ4v) is 3.47. The number of hydrogen-bond acceptors (Lipinski definition) is 6. The van der Waals surface area contributed by atoms with Crippen molar-refractivity contribution in [2.24, 2.45) is 0 Å². The molecule has 3 aromatic rings. The van der Waals surface area contributed by atoms with E-state index in [1.54, 1.807) is 43.8 Å². The molecule has 174 valence electrons. The van der Waals surface area contributed by atoms with Crippen molar-refractivity contribution in [1.29, 1.82) is 0 Å². The van der Waals surface area contributed by atoms with Crippen molar-refractivity contribution in [3.8, 4) is 17.0 Å². The number of hydrogen-bond donors (Lipinski definition) is 3. The van der Waals surface area contributed by atoms with Crippen molar-refractivity contribution in [2.45, 2.75) is 52.2 Å². The van der Waals surface area contributed by atoms with E-state index < -0.39 is 5.60 Å². The summed E-state index contributed by atoms with van der Waals surface area (Å²) in [5.74, 6) is 0.476. The molecule has 0 saturated heterocycles. The van der Waals surface area contributed by atoms with Crippen LogP contribution in [-0.2, 0) is 0 Å². The van der Waals surface area contributed by atoms with Crippen LogP contribution < -0.4 is 15.4 Å². The molecule has 1 aliphatic carbocycles. The monoisotopic (exact) mass is 449 g/mol. The molecule has 33 heavy (non-hydrogen) atoms. The lowest BCUT2D eigenvalue weighted by Gasteiger charge is -2.19. The van der Waals surface area contributed by atoms with Crippen LogP contribution in [0.4, 0.5) is 5.69 Å². The fourth-order valence-electron chi connectivity index (χ4n) is 3.47. The van der Waals surface area contributed by atoms with E-state index in [1.807, 2.05) is 32.1 Å². The lowest BCUT2D eigenvalue weighted by Crippen LogP contribution is -2.29. The third kappa shape index (κ3) is 5.01. The summed E-state index contributed by atoms with van der Waals surface area (Å²) in [7, 11) is 1.59. The van der Waals surface area contributed by atoms with Gasteiger partial charge in [0.1, 0.15) is 5.75 Å². The Kier molecular flexibility index (Phi) is 6.12. The minimum atomic E-state index is -0.883. The Morgan fingerprint density at radius 3 is 2.73 bits per heavy atom. The molecular weight excluding hydrogens is 418 g/mol. The number of imidazole rings is 1. The van der Waals surface area contributed by atoms with Crippen LogP contribution in [0.3, 0.4) is 0 Å². The highest BCUT2D eigenvalue weighted by Crippen LogP contribution is 2.33. The van der Waals surface area contributed by atoms with E-state index in [1.165, 1.54) is 0 Å². The summed E-state index contributed by atoms with van der Waals surface area (Å²) in [6, 6.07) is 7.64. The predicted molar refractivity (Wildman–Crippen MR) is 130 cm³/mol. The van der Waals surface area contributed by atoms with E-state index in [0.717, 1.165) is 41.1 Å². The molecule has 1 aromatic carbocycles. The number of carbonyl (C=O) groups is 1. The van der Waals surface area contributed by atoms with Crippen molar-refractivity contribution in [3.05, 3.63) is 47.8 Å². The summed E-state index contributed by atoms with van der Waals surface area (Å²) in [6.07, 6.45) is 5.81. The molecule has 8 heteroatoms. The summed E-state index contributed by atoms with van der Waals surface area (Å²) < 4.78 is 7.42. The zero-order valence-corrected chi connectivity index (χ0v) is 19.8. The second kappa shape index (κ2) is 8.86. The largest absolute Gasteiger partial charge is 0.496 e. The van der Waals surface area contributed by atoms with Gasteiger partial charge in [-0.3, -0.25) is 4.79 Å². The Hall–Kier alpha value is -3.39. The second-order valence-corrected chi connectivity index (χ2v) is 9.12. The molecule has 8 nitrogen and oxygen atoms in total. The average Bonchev–Trinajstić information content (AvgIpc) is 3.51. The first-order chi connectivity index (χ1) is 15.7. The quantitative estimate of drug-likeness (QED) is 0.482. The van der Waals surface area contributed by atoms with Gasteiger partial charge in [0.15, 0.2) is 5.65 Å². The van der Waals surface area contributed by atoms with E-state index in [0.29, 0.717) is 23.5 Å². The van der Waals surface area contributed by atoms with Crippen LogP contribution in [0.5, 0.6) is 5.75 Å². The normalized spacial score (nSPS) is 14.4. The zero-order chi connectivity index (χ0) is 23.8. The van der Waals surface area contributed by atoms with Crippen molar-refractivity contribution in [1.82, 2.24) is 19.9 Å². The van der Waals surface area contributed by atoms with E-state index in [2.05, 4.69) is 15.6 Å². The second-order valence-electron chi connectivity index (χ2n) is 9.12. The molecular formula is C25H31N5O3. The zero-order valence-electron chi connectivity index (χ0n) is 19.8. The molecule has 1 fully saturated rings. The summed E-state index contributed by atoms with van der Waals surface area (Å²) >= 11 is 0. The molecule has 0 aliphatic heterocycles. The highest BCUT2D eigenvalue weighted by Gasteiger charge is 2.25. The van der Waals surface area contributed by atoms with Crippen molar-refractivity contribution < 1.29 is 14.6 Å². The summed E-state index contributed by atoms with van der Waals surface area (Å²) in [6.45, 7) is 7.82. The number of nitrogens with one attached hydrogen (secondary N) is 2. The minimum Gasteiger partial charge on any atom is -0.496 e. The molecule has 4 rings (SSSR count). The topological polar surface area (TPSA) is 101 Å². The number of methoxy groups -OCH3 is 1. The van der Waals surface area contributed by atoms with E-state index >= 15 is 0 Å². The molecule has 1 saturated carbocycles. The predicted octanol–water partition coefficient (Wildman–Crippen LogP) is 3.90. The molecule has 0 atom stereocenters. The standard InChI is InChI=1S/C25H31N5O3/c1-6-15(2)19-12-20(27-14-25(3,4)32)23-26-13-21(30(23)29-19)18-10-7-16(11-22(18)33-5)24(31)28-17-8-9-17/h6-7,10-13,17,27,32H,8-9,14H2,1-5H3,(H,28,31)/b15-6+. The summed E-state index contributed by atoms with van der Waals surface area (Å²) in [5, 5.41) is 21.3. The Balaban J connectivity index is 1.79. The van der Waals surface area contributed by atoms with Gasteiger partial charge in [0, 0.05) is 23.7 Å². The molecule has 2 heterocycles. The SMILES string of the molecule is C/C=C(\C)c1cc(NCC(C)(C)O)c2ncc(-c3ccc(C(=O)NC4CC4)cc3OC)n2n1. The molecule has 3 N–H and O–H groups in total. The van der Waals surface area contributed by atoms with Crippen molar-refractivity contribution >= 4 is 22.8 Å². The van der Waals surface area contributed by atoms with E-state index in [-0.39, 0.29) is 11.9 Å². The lowest BCUT2D eigenvalue weighted by molar-refractivity contribution is 0.0940. The number of aliphatic hydroxyl groups is 1. The van der Waals surface area contributed by atoms with Gasteiger partial charge in [-0.05, 0) is 70.4 Å². The van der Waals surface area contributed by atoms with Gasteiger partial charge >= 0.3 is 0 Å². The van der Waals surface area contributed by atoms with Crippen molar-refractivity contribution in [2.75, 3.05) is 19.0 Å². The molecule has 0 spiro atoms. The summed E-state index contributed by atoms with van der Waals surface area (Å²) in [4.78, 5) is 17.1. The minimum absolute atomic E-state index is 0.0947. The third-order valence-electron chi connectivity index (χ3n) is 5.67. The average molecular weight is 450 g/mol. The van der Waals surface area contributed by atoms with E-state index in [9.17, 15) is 9.90 Å². The highest BCUT2D eigenvalue weighted by molar-refractivity contribution is 5.96. The number of nitrogens with zero attached hydrogens (tertiary/aromatic N) is 3. The number of allylic oxidation sites excluding steroid dienone is 2. The lowest BCUT2D eigenvalue weighted by atomic mass is 10.1. The Morgan fingerprint density at radius 2 is 2.09 bits per heavy atom. The molecule has 0 radical (unpaired) electrons. The maximum Gasteiger partial charge on any atom is 0.251 e. The Bertz CT molecular complexity index is 1220. The van der Waals surface area contributed by atoms with Crippen LogP contribution >= 0.6 is 0 Å².